The molecule has 1 aromatic heterocycles. The zero-order valence-corrected chi connectivity index (χ0v) is 15.8. The molecule has 1 aliphatic heterocycles. The maximum absolute atomic E-state index is 12.7. The molecule has 1 aliphatic rings. The normalized spacial score (nSPS) is 12.9. The highest BCUT2D eigenvalue weighted by atomic mass is 35.5. The van der Waals surface area contributed by atoms with Gasteiger partial charge in [0.2, 0.25) is 5.91 Å². The molecular weight excluding hydrogens is 380 g/mol. The van der Waals surface area contributed by atoms with Crippen molar-refractivity contribution in [2.45, 2.75) is 12.8 Å². The molecule has 0 atom stereocenters. The number of nitrogens with zero attached hydrogens (tertiary/aromatic N) is 1. The summed E-state index contributed by atoms with van der Waals surface area (Å²) in [5.74, 6) is 0.174. The SMILES string of the molecule is COc1cc(-n2cccc2)c(Cl)cc1C(=O)Oc1ccc2c(c1)CCC(=O)N2. The van der Waals surface area contributed by atoms with Gasteiger partial charge in [0, 0.05) is 30.6 Å². The molecule has 0 saturated carbocycles. The number of hydrogen-bond acceptors (Lipinski definition) is 4. The molecule has 0 unspecified atom stereocenters. The molecule has 0 saturated heterocycles. The Morgan fingerprint density at radius 1 is 1.14 bits per heavy atom. The van der Waals surface area contributed by atoms with Crippen LogP contribution in [0.5, 0.6) is 11.5 Å². The van der Waals surface area contributed by atoms with E-state index < -0.39 is 5.97 Å². The number of benzene rings is 2. The Kier molecular flexibility index (Phi) is 4.79. The summed E-state index contributed by atoms with van der Waals surface area (Å²) in [6.45, 7) is 0. The lowest BCUT2D eigenvalue weighted by Crippen LogP contribution is -2.19. The van der Waals surface area contributed by atoms with E-state index in [0.717, 1.165) is 11.3 Å². The third-order valence-corrected chi connectivity index (χ3v) is 4.86. The van der Waals surface area contributed by atoms with E-state index >= 15 is 0 Å². The number of ether oxygens (including phenoxy) is 2. The number of rotatable bonds is 4. The number of nitrogens with one attached hydrogen (secondary N) is 1. The third-order valence-electron chi connectivity index (χ3n) is 4.55. The number of fused-ring (bicyclic) bond motifs is 1. The molecule has 0 spiro atoms. The molecule has 3 aromatic rings. The molecule has 0 aliphatic carbocycles. The van der Waals surface area contributed by atoms with Gasteiger partial charge in [0.15, 0.2) is 0 Å². The summed E-state index contributed by atoms with van der Waals surface area (Å²) in [7, 11) is 1.49. The summed E-state index contributed by atoms with van der Waals surface area (Å²) in [4.78, 5) is 24.2. The summed E-state index contributed by atoms with van der Waals surface area (Å²) >= 11 is 6.38. The number of methoxy groups -OCH3 is 1. The predicted octanol–water partition coefficient (Wildman–Crippen LogP) is 4.24. The summed E-state index contributed by atoms with van der Waals surface area (Å²) in [5.41, 5.74) is 2.60. The van der Waals surface area contributed by atoms with Gasteiger partial charge >= 0.3 is 5.97 Å². The number of aryl methyl sites for hydroxylation is 1. The molecule has 6 nitrogen and oxygen atoms in total. The van der Waals surface area contributed by atoms with Crippen LogP contribution in [0.15, 0.2) is 54.9 Å². The van der Waals surface area contributed by atoms with Crippen molar-refractivity contribution in [3.63, 3.8) is 0 Å². The minimum absolute atomic E-state index is 0.0144. The maximum Gasteiger partial charge on any atom is 0.347 e. The summed E-state index contributed by atoms with van der Waals surface area (Å²) in [6.07, 6.45) is 4.72. The van der Waals surface area contributed by atoms with Crippen LogP contribution < -0.4 is 14.8 Å². The quantitative estimate of drug-likeness (QED) is 0.529. The van der Waals surface area contributed by atoms with Crippen molar-refractivity contribution < 1.29 is 19.1 Å². The Hall–Kier alpha value is -3.25. The molecule has 0 bridgehead atoms. The fraction of sp³-hybridized carbons (Fsp3) is 0.143. The van der Waals surface area contributed by atoms with Crippen molar-refractivity contribution >= 4 is 29.2 Å². The lowest BCUT2D eigenvalue weighted by molar-refractivity contribution is -0.116. The highest BCUT2D eigenvalue weighted by Crippen LogP contribution is 2.32. The molecule has 1 N–H and O–H groups in total. The van der Waals surface area contributed by atoms with Gasteiger partial charge < -0.3 is 19.4 Å². The molecule has 4 rings (SSSR count). The largest absolute Gasteiger partial charge is 0.496 e. The van der Waals surface area contributed by atoms with Crippen molar-refractivity contribution in [2.24, 2.45) is 0 Å². The average Bonchev–Trinajstić information content (AvgIpc) is 3.22. The van der Waals surface area contributed by atoms with Crippen LogP contribution in [0.1, 0.15) is 22.3 Å². The Bertz CT molecular complexity index is 1060. The summed E-state index contributed by atoms with van der Waals surface area (Å²) in [6, 6.07) is 12.1. The van der Waals surface area contributed by atoms with Crippen LogP contribution in [-0.4, -0.2) is 23.6 Å². The summed E-state index contributed by atoms with van der Waals surface area (Å²) in [5, 5.41) is 3.20. The molecule has 28 heavy (non-hydrogen) atoms. The molecule has 7 heteroatoms. The van der Waals surface area contributed by atoms with Crippen molar-refractivity contribution in [3.8, 4) is 17.2 Å². The standard InChI is InChI=1S/C21H17ClN2O4/c1-27-19-12-18(24-8-2-3-9-24)16(22)11-15(19)21(26)28-14-5-6-17-13(10-14)4-7-20(25)23-17/h2-3,5-6,8-12H,4,7H2,1H3,(H,23,25). The van der Waals surface area contributed by atoms with Crippen molar-refractivity contribution in [3.05, 3.63) is 71.0 Å². The van der Waals surface area contributed by atoms with Crippen molar-refractivity contribution in [2.75, 3.05) is 12.4 Å². The number of esters is 1. The van der Waals surface area contributed by atoms with E-state index in [2.05, 4.69) is 5.32 Å². The first kappa shape index (κ1) is 18.1. The van der Waals surface area contributed by atoms with E-state index in [-0.39, 0.29) is 11.5 Å². The first-order valence-electron chi connectivity index (χ1n) is 8.71. The van der Waals surface area contributed by atoms with Gasteiger partial charge in [-0.15, -0.1) is 0 Å². The minimum atomic E-state index is -0.572. The van der Waals surface area contributed by atoms with Crippen LogP contribution in [0, 0.1) is 0 Å². The Balaban J connectivity index is 1.61. The third kappa shape index (κ3) is 3.46. The van der Waals surface area contributed by atoms with Crippen LogP contribution in [0.25, 0.3) is 5.69 Å². The van der Waals surface area contributed by atoms with Gasteiger partial charge in [0.05, 0.1) is 17.8 Å². The van der Waals surface area contributed by atoms with E-state index in [1.165, 1.54) is 13.2 Å². The number of carbonyl (C=O) groups excluding carboxylic acids is 2. The fourth-order valence-electron chi connectivity index (χ4n) is 3.15. The van der Waals surface area contributed by atoms with Crippen molar-refractivity contribution in [1.29, 1.82) is 0 Å². The molecule has 142 valence electrons. The van der Waals surface area contributed by atoms with Crippen LogP contribution >= 0.6 is 11.6 Å². The van der Waals surface area contributed by atoms with E-state index in [1.54, 1.807) is 24.3 Å². The second-order valence-electron chi connectivity index (χ2n) is 6.35. The number of carbonyl (C=O) groups is 2. The van der Waals surface area contributed by atoms with Gasteiger partial charge in [0.1, 0.15) is 17.1 Å². The van der Waals surface area contributed by atoms with Crippen LogP contribution in [0.2, 0.25) is 5.02 Å². The molecule has 2 heterocycles. The second-order valence-corrected chi connectivity index (χ2v) is 6.76. The monoisotopic (exact) mass is 396 g/mol. The Morgan fingerprint density at radius 2 is 1.93 bits per heavy atom. The van der Waals surface area contributed by atoms with Gasteiger partial charge in [-0.05, 0) is 48.4 Å². The lowest BCUT2D eigenvalue weighted by atomic mass is 10.0. The molecule has 0 radical (unpaired) electrons. The Labute approximate surface area is 166 Å². The first-order valence-corrected chi connectivity index (χ1v) is 9.09. The Morgan fingerprint density at radius 3 is 2.68 bits per heavy atom. The van der Waals surface area contributed by atoms with Gasteiger partial charge in [-0.3, -0.25) is 4.79 Å². The number of hydrogen-bond donors (Lipinski definition) is 1. The molecule has 1 amide bonds. The van der Waals surface area contributed by atoms with Crippen LogP contribution in [0.3, 0.4) is 0 Å². The highest BCUT2D eigenvalue weighted by molar-refractivity contribution is 6.33. The smallest absolute Gasteiger partial charge is 0.347 e. The fourth-order valence-corrected chi connectivity index (χ4v) is 3.41. The van der Waals surface area contributed by atoms with Crippen LogP contribution in [0.4, 0.5) is 5.69 Å². The van der Waals surface area contributed by atoms with Gasteiger partial charge in [-0.25, -0.2) is 4.79 Å². The van der Waals surface area contributed by atoms with Gasteiger partial charge in [-0.2, -0.15) is 0 Å². The van der Waals surface area contributed by atoms with Gasteiger partial charge in [0.25, 0.3) is 0 Å². The van der Waals surface area contributed by atoms with Crippen molar-refractivity contribution in [1.82, 2.24) is 4.57 Å². The average molecular weight is 397 g/mol. The maximum atomic E-state index is 12.7. The highest BCUT2D eigenvalue weighted by Gasteiger charge is 2.20. The van der Waals surface area contributed by atoms with E-state index in [1.807, 2.05) is 29.1 Å². The topological polar surface area (TPSA) is 69.6 Å². The first-order chi connectivity index (χ1) is 13.5. The van der Waals surface area contributed by atoms with E-state index in [4.69, 9.17) is 21.1 Å². The number of aromatic nitrogens is 1. The number of anilines is 1. The van der Waals surface area contributed by atoms with E-state index in [9.17, 15) is 9.59 Å². The lowest BCUT2D eigenvalue weighted by Gasteiger charge is -2.17. The molecular formula is C21H17ClN2O4. The van der Waals surface area contributed by atoms with Crippen LogP contribution in [-0.2, 0) is 11.2 Å². The zero-order valence-electron chi connectivity index (χ0n) is 15.1. The molecule has 0 fully saturated rings. The molecule has 2 aromatic carbocycles. The second kappa shape index (κ2) is 7.40. The van der Waals surface area contributed by atoms with E-state index in [0.29, 0.717) is 35.1 Å². The number of amides is 1. The van der Waals surface area contributed by atoms with Gasteiger partial charge in [-0.1, -0.05) is 11.6 Å². The predicted molar refractivity (Wildman–Crippen MR) is 106 cm³/mol. The zero-order chi connectivity index (χ0) is 19.7. The minimum Gasteiger partial charge on any atom is -0.496 e. The summed E-state index contributed by atoms with van der Waals surface area (Å²) < 4.78 is 12.7. The number of halogens is 1.